The van der Waals surface area contributed by atoms with Gasteiger partial charge in [0.1, 0.15) is 5.82 Å². The summed E-state index contributed by atoms with van der Waals surface area (Å²) < 4.78 is 37.7. The second kappa shape index (κ2) is 5.21. The van der Waals surface area contributed by atoms with E-state index >= 15 is 0 Å². The first-order chi connectivity index (χ1) is 8.91. The Morgan fingerprint density at radius 1 is 1.37 bits per heavy atom. The molecule has 3 nitrogen and oxygen atoms in total. The lowest BCUT2D eigenvalue weighted by Gasteiger charge is -2.29. The van der Waals surface area contributed by atoms with Crippen molar-refractivity contribution in [2.75, 3.05) is 18.0 Å². The summed E-state index contributed by atoms with van der Waals surface area (Å²) in [4.78, 5) is 6.23. The van der Waals surface area contributed by atoms with Gasteiger partial charge in [0, 0.05) is 36.5 Å². The minimum Gasteiger partial charge on any atom is -0.352 e. The van der Waals surface area contributed by atoms with Crippen LogP contribution in [-0.4, -0.2) is 24.2 Å². The first kappa shape index (κ1) is 13.9. The summed E-state index contributed by atoms with van der Waals surface area (Å²) in [6.07, 6.45) is -3.00. The fraction of sp³-hybridized carbons (Fsp3) is 0.462. The number of alkyl halides is 3. The van der Waals surface area contributed by atoms with Crippen LogP contribution in [0.15, 0.2) is 23.8 Å². The van der Waals surface area contributed by atoms with Gasteiger partial charge in [0.15, 0.2) is 0 Å². The standard InChI is InChI=1S/C13H16F3N3/c1-9-2-3-10(8-17)12(18-9)19-6-4-11(5-7-19)13(14,15)16/h2-4H,5-8,17H2,1H3. The summed E-state index contributed by atoms with van der Waals surface area (Å²) >= 11 is 0. The Hall–Kier alpha value is -1.56. The summed E-state index contributed by atoms with van der Waals surface area (Å²) in [5.41, 5.74) is 6.88. The third kappa shape index (κ3) is 3.07. The molecule has 0 atom stereocenters. The molecule has 2 N–H and O–H groups in total. The lowest BCUT2D eigenvalue weighted by Crippen LogP contribution is -2.33. The third-order valence-corrected chi connectivity index (χ3v) is 3.19. The lowest BCUT2D eigenvalue weighted by atomic mass is 10.1. The number of aryl methyl sites for hydroxylation is 1. The number of halogens is 3. The maximum absolute atomic E-state index is 12.6. The highest BCUT2D eigenvalue weighted by Crippen LogP contribution is 2.31. The Balaban J connectivity index is 2.22. The second-order valence-electron chi connectivity index (χ2n) is 4.56. The van der Waals surface area contributed by atoms with E-state index in [0.717, 1.165) is 11.3 Å². The van der Waals surface area contributed by atoms with Gasteiger partial charge >= 0.3 is 6.18 Å². The van der Waals surface area contributed by atoms with Crippen LogP contribution >= 0.6 is 0 Å². The molecule has 104 valence electrons. The van der Waals surface area contributed by atoms with Gasteiger partial charge in [-0.2, -0.15) is 13.2 Å². The van der Waals surface area contributed by atoms with E-state index in [1.165, 1.54) is 6.08 Å². The number of hydrogen-bond donors (Lipinski definition) is 1. The van der Waals surface area contributed by atoms with Gasteiger partial charge in [-0.05, 0) is 19.4 Å². The van der Waals surface area contributed by atoms with Gasteiger partial charge in [0.05, 0.1) is 0 Å². The monoisotopic (exact) mass is 271 g/mol. The van der Waals surface area contributed by atoms with Crippen molar-refractivity contribution in [3.8, 4) is 0 Å². The van der Waals surface area contributed by atoms with E-state index in [9.17, 15) is 13.2 Å². The first-order valence-electron chi connectivity index (χ1n) is 6.09. The van der Waals surface area contributed by atoms with Crippen molar-refractivity contribution in [3.05, 3.63) is 35.0 Å². The Bertz CT molecular complexity index is 494. The average Bonchev–Trinajstić information content (AvgIpc) is 2.38. The number of hydrogen-bond acceptors (Lipinski definition) is 3. The molecule has 2 heterocycles. The van der Waals surface area contributed by atoms with Gasteiger partial charge < -0.3 is 10.6 Å². The van der Waals surface area contributed by atoms with Gasteiger partial charge in [-0.1, -0.05) is 12.1 Å². The normalized spacial score (nSPS) is 16.5. The molecule has 0 saturated heterocycles. The van der Waals surface area contributed by atoms with Crippen molar-refractivity contribution in [1.29, 1.82) is 0 Å². The zero-order valence-electron chi connectivity index (χ0n) is 10.7. The molecule has 0 radical (unpaired) electrons. The number of anilines is 1. The molecule has 0 amide bonds. The zero-order valence-corrected chi connectivity index (χ0v) is 10.7. The predicted molar refractivity (Wildman–Crippen MR) is 67.8 cm³/mol. The van der Waals surface area contributed by atoms with Crippen LogP contribution in [-0.2, 0) is 6.54 Å². The lowest BCUT2D eigenvalue weighted by molar-refractivity contribution is -0.0944. The van der Waals surface area contributed by atoms with Crippen molar-refractivity contribution >= 4 is 5.82 Å². The number of pyridine rings is 1. The molecular weight excluding hydrogens is 255 g/mol. The smallest absolute Gasteiger partial charge is 0.352 e. The minimum atomic E-state index is -4.22. The highest BCUT2D eigenvalue weighted by molar-refractivity contribution is 5.49. The topological polar surface area (TPSA) is 42.1 Å². The van der Waals surface area contributed by atoms with Gasteiger partial charge in [-0.3, -0.25) is 0 Å². The molecule has 0 aliphatic carbocycles. The molecule has 1 aliphatic heterocycles. The number of rotatable bonds is 2. The van der Waals surface area contributed by atoms with E-state index < -0.39 is 11.7 Å². The molecule has 1 aliphatic rings. The van der Waals surface area contributed by atoms with Crippen molar-refractivity contribution in [2.45, 2.75) is 26.1 Å². The number of aromatic nitrogens is 1. The zero-order chi connectivity index (χ0) is 14.0. The Morgan fingerprint density at radius 3 is 2.63 bits per heavy atom. The van der Waals surface area contributed by atoms with Crippen LogP contribution < -0.4 is 10.6 Å². The highest BCUT2D eigenvalue weighted by Gasteiger charge is 2.35. The van der Waals surface area contributed by atoms with E-state index in [1.54, 1.807) is 0 Å². The minimum absolute atomic E-state index is 0.0108. The molecule has 6 heteroatoms. The van der Waals surface area contributed by atoms with E-state index in [1.807, 2.05) is 24.0 Å². The molecule has 0 aromatic carbocycles. The number of nitrogens with two attached hydrogens (primary N) is 1. The van der Waals surface area contributed by atoms with Gasteiger partial charge in [-0.25, -0.2) is 4.98 Å². The van der Waals surface area contributed by atoms with E-state index in [2.05, 4.69) is 4.98 Å². The van der Waals surface area contributed by atoms with Crippen LogP contribution in [0.25, 0.3) is 0 Å². The third-order valence-electron chi connectivity index (χ3n) is 3.19. The van der Waals surface area contributed by atoms with Crippen LogP contribution in [0, 0.1) is 6.92 Å². The summed E-state index contributed by atoms with van der Waals surface area (Å²) in [6, 6.07) is 3.73. The second-order valence-corrected chi connectivity index (χ2v) is 4.56. The Morgan fingerprint density at radius 2 is 2.11 bits per heavy atom. The van der Waals surface area contributed by atoms with Gasteiger partial charge in [0.25, 0.3) is 0 Å². The summed E-state index contributed by atoms with van der Waals surface area (Å²) in [7, 11) is 0. The van der Waals surface area contributed by atoms with Crippen molar-refractivity contribution < 1.29 is 13.2 Å². The molecule has 19 heavy (non-hydrogen) atoms. The predicted octanol–water partition coefficient (Wildman–Crippen LogP) is 2.55. The Labute approximate surface area is 109 Å². The number of nitrogens with zero attached hydrogens (tertiary/aromatic N) is 2. The maximum atomic E-state index is 12.6. The van der Waals surface area contributed by atoms with Gasteiger partial charge in [0.2, 0.25) is 0 Å². The fourth-order valence-electron chi connectivity index (χ4n) is 2.12. The van der Waals surface area contributed by atoms with Crippen LogP contribution in [0.1, 0.15) is 17.7 Å². The first-order valence-corrected chi connectivity index (χ1v) is 6.09. The van der Waals surface area contributed by atoms with Crippen molar-refractivity contribution in [2.24, 2.45) is 5.73 Å². The van der Waals surface area contributed by atoms with Crippen LogP contribution in [0.4, 0.5) is 19.0 Å². The summed E-state index contributed by atoms with van der Waals surface area (Å²) in [5, 5.41) is 0. The molecule has 0 spiro atoms. The fourth-order valence-corrected chi connectivity index (χ4v) is 2.12. The Kier molecular flexibility index (Phi) is 3.80. The van der Waals surface area contributed by atoms with Crippen LogP contribution in [0.3, 0.4) is 0 Å². The van der Waals surface area contributed by atoms with Crippen LogP contribution in [0.5, 0.6) is 0 Å². The van der Waals surface area contributed by atoms with E-state index in [-0.39, 0.29) is 13.0 Å². The SMILES string of the molecule is Cc1ccc(CN)c(N2CC=C(C(F)(F)F)CC2)n1. The van der Waals surface area contributed by atoms with E-state index in [0.29, 0.717) is 18.9 Å². The molecule has 2 rings (SSSR count). The summed E-state index contributed by atoms with van der Waals surface area (Å²) in [5.74, 6) is 0.694. The molecule has 0 unspecified atom stereocenters. The summed E-state index contributed by atoms with van der Waals surface area (Å²) in [6.45, 7) is 2.72. The quantitative estimate of drug-likeness (QED) is 0.840. The van der Waals surface area contributed by atoms with Gasteiger partial charge in [-0.15, -0.1) is 0 Å². The molecule has 1 aromatic heterocycles. The molecule has 0 fully saturated rings. The molecule has 1 aromatic rings. The van der Waals surface area contributed by atoms with Crippen LogP contribution in [0.2, 0.25) is 0 Å². The molecular formula is C13H16F3N3. The molecule has 0 bridgehead atoms. The highest BCUT2D eigenvalue weighted by atomic mass is 19.4. The van der Waals surface area contributed by atoms with Crippen molar-refractivity contribution in [1.82, 2.24) is 4.98 Å². The van der Waals surface area contributed by atoms with E-state index in [4.69, 9.17) is 5.73 Å². The maximum Gasteiger partial charge on any atom is 0.412 e. The van der Waals surface area contributed by atoms with Crippen molar-refractivity contribution in [3.63, 3.8) is 0 Å². The average molecular weight is 271 g/mol. The molecule has 0 saturated carbocycles. The largest absolute Gasteiger partial charge is 0.412 e.